The fraction of sp³-hybridized carbons (Fsp3) is 0.389. The van der Waals surface area contributed by atoms with Gasteiger partial charge in [0.05, 0.1) is 44.1 Å². The lowest BCUT2D eigenvalue weighted by Crippen LogP contribution is -2.14. The van der Waals surface area contributed by atoms with Gasteiger partial charge in [-0.15, -0.1) is 0 Å². The van der Waals surface area contributed by atoms with Crippen LogP contribution in [0.4, 0.5) is 0 Å². The Morgan fingerprint density at radius 2 is 1.52 bits per heavy atom. The zero-order valence-corrected chi connectivity index (χ0v) is 17.4. The van der Waals surface area contributed by atoms with Gasteiger partial charge < -0.3 is 14.2 Å². The highest BCUT2D eigenvalue weighted by atomic mass is 79.9. The minimum atomic E-state index is -3.75. The molecule has 1 aromatic heterocycles. The van der Waals surface area contributed by atoms with Crippen LogP contribution in [0.2, 0.25) is 0 Å². The SMILES string of the molecule is Cc1ccc(S(=O)(=O)OCCOCCOCCOc2ccc(Br)nc2)cc1. The van der Waals surface area contributed by atoms with Crippen LogP contribution in [-0.4, -0.2) is 53.0 Å². The Kier molecular flexibility index (Phi) is 9.16. The van der Waals surface area contributed by atoms with E-state index in [1.165, 1.54) is 12.1 Å². The first-order valence-corrected chi connectivity index (χ1v) is 10.5. The van der Waals surface area contributed by atoms with Crippen molar-refractivity contribution in [2.24, 2.45) is 0 Å². The van der Waals surface area contributed by atoms with E-state index in [9.17, 15) is 8.42 Å². The lowest BCUT2D eigenvalue weighted by atomic mass is 10.2. The van der Waals surface area contributed by atoms with Crippen molar-refractivity contribution in [2.45, 2.75) is 11.8 Å². The molecule has 0 aliphatic heterocycles. The molecule has 0 fully saturated rings. The normalized spacial score (nSPS) is 11.5. The van der Waals surface area contributed by atoms with Crippen LogP contribution in [0.25, 0.3) is 0 Å². The Hall–Kier alpha value is -1.52. The Labute approximate surface area is 167 Å². The summed E-state index contributed by atoms with van der Waals surface area (Å²) in [6, 6.07) is 10.1. The molecule has 0 unspecified atom stereocenters. The predicted molar refractivity (Wildman–Crippen MR) is 103 cm³/mol. The van der Waals surface area contributed by atoms with Gasteiger partial charge in [0.2, 0.25) is 0 Å². The molecule has 1 heterocycles. The van der Waals surface area contributed by atoms with Crippen LogP contribution < -0.4 is 4.74 Å². The molecule has 0 N–H and O–H groups in total. The quantitative estimate of drug-likeness (QED) is 0.274. The first-order chi connectivity index (χ1) is 13.0. The molecular weight excluding hydrogens is 438 g/mol. The second-order valence-electron chi connectivity index (χ2n) is 5.48. The van der Waals surface area contributed by atoms with Gasteiger partial charge in [-0.1, -0.05) is 17.7 Å². The summed E-state index contributed by atoms with van der Waals surface area (Å²) in [5.74, 6) is 0.671. The van der Waals surface area contributed by atoms with Crippen molar-refractivity contribution in [2.75, 3.05) is 39.6 Å². The highest BCUT2D eigenvalue weighted by Crippen LogP contribution is 2.13. The first kappa shape index (κ1) is 21.8. The molecule has 0 aliphatic rings. The van der Waals surface area contributed by atoms with Gasteiger partial charge in [-0.25, -0.2) is 4.98 Å². The maximum Gasteiger partial charge on any atom is 0.297 e. The van der Waals surface area contributed by atoms with E-state index >= 15 is 0 Å². The van der Waals surface area contributed by atoms with Crippen molar-refractivity contribution < 1.29 is 26.8 Å². The number of hydrogen-bond acceptors (Lipinski definition) is 7. The molecular formula is C18H22BrNO6S. The number of aromatic nitrogens is 1. The van der Waals surface area contributed by atoms with Crippen molar-refractivity contribution in [3.63, 3.8) is 0 Å². The summed E-state index contributed by atoms with van der Waals surface area (Å²) >= 11 is 3.25. The average molecular weight is 460 g/mol. The third-order valence-corrected chi connectivity index (χ3v) is 5.14. The molecule has 0 atom stereocenters. The van der Waals surface area contributed by atoms with Gasteiger partial charge in [-0.3, -0.25) is 4.18 Å². The summed E-state index contributed by atoms with van der Waals surface area (Å²) in [5, 5.41) is 0. The third-order valence-electron chi connectivity index (χ3n) is 3.34. The first-order valence-electron chi connectivity index (χ1n) is 8.33. The van der Waals surface area contributed by atoms with E-state index in [4.69, 9.17) is 18.4 Å². The highest BCUT2D eigenvalue weighted by Gasteiger charge is 2.14. The molecule has 27 heavy (non-hydrogen) atoms. The molecule has 2 aromatic rings. The van der Waals surface area contributed by atoms with Crippen molar-refractivity contribution in [3.8, 4) is 5.75 Å². The van der Waals surface area contributed by atoms with Gasteiger partial charge in [0.1, 0.15) is 17.0 Å². The summed E-state index contributed by atoms with van der Waals surface area (Å²) in [4.78, 5) is 4.19. The molecule has 0 radical (unpaired) electrons. The van der Waals surface area contributed by atoms with E-state index < -0.39 is 10.1 Å². The predicted octanol–water partition coefficient (Wildman–Crippen LogP) is 2.97. The van der Waals surface area contributed by atoms with Gasteiger partial charge in [-0.2, -0.15) is 8.42 Å². The maximum atomic E-state index is 12.0. The van der Waals surface area contributed by atoms with E-state index in [-0.39, 0.29) is 18.1 Å². The van der Waals surface area contributed by atoms with Gasteiger partial charge in [0.25, 0.3) is 10.1 Å². The maximum absolute atomic E-state index is 12.0. The van der Waals surface area contributed by atoms with E-state index in [1.54, 1.807) is 24.4 Å². The van der Waals surface area contributed by atoms with Crippen LogP contribution >= 0.6 is 15.9 Å². The van der Waals surface area contributed by atoms with Gasteiger partial charge in [0, 0.05) is 0 Å². The lowest BCUT2D eigenvalue weighted by Gasteiger charge is -2.08. The lowest BCUT2D eigenvalue weighted by molar-refractivity contribution is 0.0279. The molecule has 9 heteroatoms. The Bertz CT molecular complexity index is 781. The number of hydrogen-bond donors (Lipinski definition) is 0. The van der Waals surface area contributed by atoms with Crippen LogP contribution in [0, 0.1) is 6.92 Å². The molecule has 148 valence electrons. The van der Waals surface area contributed by atoms with E-state index in [1.807, 2.05) is 13.0 Å². The van der Waals surface area contributed by atoms with Gasteiger partial charge >= 0.3 is 0 Å². The second-order valence-corrected chi connectivity index (χ2v) is 7.91. The van der Waals surface area contributed by atoms with Crippen molar-refractivity contribution in [1.29, 1.82) is 0 Å². The smallest absolute Gasteiger partial charge is 0.297 e. The van der Waals surface area contributed by atoms with Crippen molar-refractivity contribution >= 4 is 26.0 Å². The molecule has 7 nitrogen and oxygen atoms in total. The average Bonchev–Trinajstić information content (AvgIpc) is 2.65. The highest BCUT2D eigenvalue weighted by molar-refractivity contribution is 9.10. The second kappa shape index (κ2) is 11.4. The Balaban J connectivity index is 1.48. The molecule has 0 aliphatic carbocycles. The molecule has 0 saturated carbocycles. The standard InChI is InChI=1S/C18H22BrNO6S/c1-15-2-5-17(6-3-15)27(21,22)26-13-11-24-9-8-23-10-12-25-16-4-7-18(19)20-14-16/h2-7,14H,8-13H2,1H3. The summed E-state index contributed by atoms with van der Waals surface area (Å²) < 4.78 is 45.7. The monoisotopic (exact) mass is 459 g/mol. The molecule has 0 amide bonds. The number of ether oxygens (including phenoxy) is 3. The van der Waals surface area contributed by atoms with E-state index in [2.05, 4.69) is 20.9 Å². The van der Waals surface area contributed by atoms with Crippen LogP contribution in [0.15, 0.2) is 52.1 Å². The number of benzene rings is 1. The summed E-state index contributed by atoms with van der Waals surface area (Å²) in [6.07, 6.45) is 1.62. The summed E-state index contributed by atoms with van der Waals surface area (Å²) in [5.41, 5.74) is 0.983. The van der Waals surface area contributed by atoms with Crippen LogP contribution in [0.5, 0.6) is 5.75 Å². The van der Waals surface area contributed by atoms with Crippen LogP contribution in [0.1, 0.15) is 5.56 Å². The summed E-state index contributed by atoms with van der Waals surface area (Å²) in [6.45, 7) is 3.54. The summed E-state index contributed by atoms with van der Waals surface area (Å²) in [7, 11) is -3.75. The zero-order chi connectivity index (χ0) is 19.5. The van der Waals surface area contributed by atoms with Gasteiger partial charge in [-0.05, 0) is 47.1 Å². The van der Waals surface area contributed by atoms with Crippen molar-refractivity contribution in [1.82, 2.24) is 4.98 Å². The molecule has 0 saturated heterocycles. The zero-order valence-electron chi connectivity index (χ0n) is 15.0. The minimum Gasteiger partial charge on any atom is -0.490 e. The number of rotatable bonds is 12. The number of halogens is 1. The molecule has 1 aromatic carbocycles. The largest absolute Gasteiger partial charge is 0.490 e. The topological polar surface area (TPSA) is 84.0 Å². The molecule has 0 bridgehead atoms. The fourth-order valence-corrected chi connectivity index (χ4v) is 3.09. The molecule has 2 rings (SSSR count). The number of pyridine rings is 1. The molecule has 0 spiro atoms. The number of nitrogens with zero attached hydrogens (tertiary/aromatic N) is 1. The minimum absolute atomic E-state index is 0.0457. The third kappa shape index (κ3) is 8.35. The Morgan fingerprint density at radius 1 is 0.889 bits per heavy atom. The van der Waals surface area contributed by atoms with Gasteiger partial charge in [0.15, 0.2) is 0 Å². The van der Waals surface area contributed by atoms with E-state index in [0.29, 0.717) is 32.2 Å². The van der Waals surface area contributed by atoms with Crippen LogP contribution in [-0.2, 0) is 23.8 Å². The van der Waals surface area contributed by atoms with Crippen LogP contribution in [0.3, 0.4) is 0 Å². The fourth-order valence-electron chi connectivity index (χ4n) is 1.96. The number of aryl methyl sites for hydroxylation is 1. The Morgan fingerprint density at radius 3 is 2.15 bits per heavy atom. The van der Waals surface area contributed by atoms with E-state index in [0.717, 1.165) is 10.2 Å². The van der Waals surface area contributed by atoms with Crippen molar-refractivity contribution in [3.05, 3.63) is 52.8 Å².